The molecule has 0 bridgehead atoms. The van der Waals surface area contributed by atoms with Crippen molar-refractivity contribution in [2.75, 3.05) is 6.54 Å². The fourth-order valence-corrected chi connectivity index (χ4v) is 1.80. The molecule has 0 aliphatic heterocycles. The summed E-state index contributed by atoms with van der Waals surface area (Å²) in [6.45, 7) is 7.48. The van der Waals surface area contributed by atoms with E-state index in [0.717, 1.165) is 43.8 Å². The summed E-state index contributed by atoms with van der Waals surface area (Å²) in [6, 6.07) is 1.93. The Balaban J connectivity index is 2.11. The second-order valence-corrected chi connectivity index (χ2v) is 5.43. The molecule has 1 heterocycles. The van der Waals surface area contributed by atoms with Crippen LogP contribution >= 0.6 is 0 Å². The van der Waals surface area contributed by atoms with E-state index in [4.69, 9.17) is 15.5 Å². The number of amidine groups is 1. The van der Waals surface area contributed by atoms with Gasteiger partial charge in [-0.15, -0.1) is 0 Å². The summed E-state index contributed by atoms with van der Waals surface area (Å²) in [5.74, 6) is 1.12. The van der Waals surface area contributed by atoms with Gasteiger partial charge in [-0.3, -0.25) is 0 Å². The van der Waals surface area contributed by atoms with Gasteiger partial charge in [0.25, 0.3) is 0 Å². The van der Waals surface area contributed by atoms with Crippen LogP contribution in [0.5, 0.6) is 0 Å². The number of unbranched alkanes of at least 4 members (excludes halogenated alkanes) is 1. The van der Waals surface area contributed by atoms with Crippen LogP contribution in [0.4, 0.5) is 0 Å². The SMILES string of the molecule is Cc1cc(CNCCCCC(C)(C)C(N)=NO)no1. The van der Waals surface area contributed by atoms with Crippen LogP contribution in [0.25, 0.3) is 0 Å². The number of rotatable bonds is 8. The van der Waals surface area contributed by atoms with E-state index in [2.05, 4.69) is 15.6 Å². The van der Waals surface area contributed by atoms with Gasteiger partial charge in [0.05, 0.1) is 5.69 Å². The van der Waals surface area contributed by atoms with Crippen LogP contribution in [0, 0.1) is 12.3 Å². The predicted octanol–water partition coefficient (Wildman–Crippen LogP) is 2.02. The maximum atomic E-state index is 8.67. The summed E-state index contributed by atoms with van der Waals surface area (Å²) in [6.07, 6.45) is 2.96. The zero-order valence-corrected chi connectivity index (χ0v) is 11.9. The number of nitrogens with one attached hydrogen (secondary N) is 1. The van der Waals surface area contributed by atoms with E-state index in [1.54, 1.807) is 0 Å². The number of nitrogens with two attached hydrogens (primary N) is 1. The molecule has 0 unspecified atom stereocenters. The first kappa shape index (κ1) is 15.5. The van der Waals surface area contributed by atoms with Crippen LogP contribution in [-0.2, 0) is 6.54 Å². The Hall–Kier alpha value is -1.56. The van der Waals surface area contributed by atoms with E-state index in [-0.39, 0.29) is 5.41 Å². The summed E-state index contributed by atoms with van der Waals surface area (Å²) in [7, 11) is 0. The molecule has 0 aromatic carbocycles. The first-order chi connectivity index (χ1) is 8.95. The summed E-state index contributed by atoms with van der Waals surface area (Å²) in [4.78, 5) is 0. The van der Waals surface area contributed by atoms with E-state index in [1.807, 2.05) is 26.8 Å². The Bertz CT molecular complexity index is 413. The highest BCUT2D eigenvalue weighted by molar-refractivity contribution is 5.85. The Morgan fingerprint density at radius 1 is 1.53 bits per heavy atom. The predicted molar refractivity (Wildman–Crippen MR) is 74.0 cm³/mol. The smallest absolute Gasteiger partial charge is 0.144 e. The number of oxime groups is 1. The van der Waals surface area contributed by atoms with Gasteiger partial charge in [-0.1, -0.05) is 30.6 Å². The molecule has 0 atom stereocenters. The molecule has 6 heteroatoms. The van der Waals surface area contributed by atoms with Crippen molar-refractivity contribution in [3.05, 3.63) is 17.5 Å². The first-order valence-corrected chi connectivity index (χ1v) is 6.56. The Morgan fingerprint density at radius 2 is 2.26 bits per heavy atom. The number of hydrogen-bond donors (Lipinski definition) is 3. The fraction of sp³-hybridized carbons (Fsp3) is 0.692. The average Bonchev–Trinajstić information content (AvgIpc) is 2.78. The molecule has 0 saturated carbocycles. The van der Waals surface area contributed by atoms with Gasteiger partial charge in [0.15, 0.2) is 0 Å². The highest BCUT2D eigenvalue weighted by Crippen LogP contribution is 2.23. The monoisotopic (exact) mass is 268 g/mol. The minimum Gasteiger partial charge on any atom is -0.409 e. The van der Waals surface area contributed by atoms with Crippen LogP contribution in [0.1, 0.15) is 44.6 Å². The van der Waals surface area contributed by atoms with E-state index >= 15 is 0 Å². The summed E-state index contributed by atoms with van der Waals surface area (Å²) >= 11 is 0. The van der Waals surface area contributed by atoms with Gasteiger partial charge in [-0.25, -0.2) is 0 Å². The molecule has 6 nitrogen and oxygen atoms in total. The van der Waals surface area contributed by atoms with Crippen LogP contribution in [0.15, 0.2) is 15.7 Å². The third kappa shape index (κ3) is 5.30. The van der Waals surface area contributed by atoms with Gasteiger partial charge in [0.2, 0.25) is 0 Å². The van der Waals surface area contributed by atoms with Crippen molar-refractivity contribution in [2.24, 2.45) is 16.3 Å². The van der Waals surface area contributed by atoms with Crippen LogP contribution in [0.2, 0.25) is 0 Å². The lowest BCUT2D eigenvalue weighted by Gasteiger charge is -2.22. The molecule has 0 amide bonds. The first-order valence-electron chi connectivity index (χ1n) is 6.56. The van der Waals surface area contributed by atoms with E-state index < -0.39 is 0 Å². The van der Waals surface area contributed by atoms with Gasteiger partial charge in [0.1, 0.15) is 11.6 Å². The summed E-state index contributed by atoms with van der Waals surface area (Å²) in [5.41, 5.74) is 6.31. The maximum absolute atomic E-state index is 8.67. The zero-order chi connectivity index (χ0) is 14.3. The molecule has 0 saturated heterocycles. The lowest BCUT2D eigenvalue weighted by molar-refractivity contribution is 0.304. The molecule has 0 spiro atoms. The molecule has 0 aliphatic rings. The van der Waals surface area contributed by atoms with Crippen molar-refractivity contribution >= 4 is 5.84 Å². The molecule has 0 fully saturated rings. The molecule has 4 N–H and O–H groups in total. The highest BCUT2D eigenvalue weighted by Gasteiger charge is 2.22. The van der Waals surface area contributed by atoms with Gasteiger partial charge in [-0.2, -0.15) is 0 Å². The van der Waals surface area contributed by atoms with E-state index in [9.17, 15) is 0 Å². The normalized spacial score (nSPS) is 12.9. The Labute approximate surface area is 114 Å². The molecular weight excluding hydrogens is 244 g/mol. The van der Waals surface area contributed by atoms with Crippen molar-refractivity contribution in [1.82, 2.24) is 10.5 Å². The second-order valence-electron chi connectivity index (χ2n) is 5.43. The minimum atomic E-state index is -0.252. The van der Waals surface area contributed by atoms with Crippen molar-refractivity contribution in [3.8, 4) is 0 Å². The molecule has 19 heavy (non-hydrogen) atoms. The topological polar surface area (TPSA) is 96.7 Å². The lowest BCUT2D eigenvalue weighted by atomic mass is 9.86. The molecule has 108 valence electrons. The van der Waals surface area contributed by atoms with Gasteiger partial charge in [-0.05, 0) is 26.3 Å². The van der Waals surface area contributed by atoms with Gasteiger partial charge < -0.3 is 20.8 Å². The summed E-state index contributed by atoms with van der Waals surface area (Å²) < 4.78 is 4.99. The average molecular weight is 268 g/mol. The zero-order valence-electron chi connectivity index (χ0n) is 11.9. The van der Waals surface area contributed by atoms with Crippen molar-refractivity contribution in [2.45, 2.75) is 46.6 Å². The van der Waals surface area contributed by atoms with Gasteiger partial charge in [0, 0.05) is 18.0 Å². The largest absolute Gasteiger partial charge is 0.409 e. The quantitative estimate of drug-likeness (QED) is 0.220. The van der Waals surface area contributed by atoms with Crippen molar-refractivity contribution in [3.63, 3.8) is 0 Å². The molecule has 1 rings (SSSR count). The second kappa shape index (κ2) is 7.13. The fourth-order valence-electron chi connectivity index (χ4n) is 1.80. The molecule has 1 aromatic heterocycles. The molecular formula is C13H24N4O2. The number of aromatic nitrogens is 1. The van der Waals surface area contributed by atoms with Crippen LogP contribution in [-0.4, -0.2) is 22.7 Å². The van der Waals surface area contributed by atoms with Crippen LogP contribution in [0.3, 0.4) is 0 Å². The third-order valence-electron chi connectivity index (χ3n) is 3.19. The Morgan fingerprint density at radius 3 is 2.84 bits per heavy atom. The van der Waals surface area contributed by atoms with Crippen molar-refractivity contribution < 1.29 is 9.73 Å². The molecule has 0 radical (unpaired) electrons. The summed E-state index contributed by atoms with van der Waals surface area (Å²) in [5, 5.41) is 19.0. The van der Waals surface area contributed by atoms with Gasteiger partial charge >= 0.3 is 0 Å². The highest BCUT2D eigenvalue weighted by atomic mass is 16.5. The third-order valence-corrected chi connectivity index (χ3v) is 3.19. The maximum Gasteiger partial charge on any atom is 0.144 e. The molecule has 1 aromatic rings. The Kier molecular flexibility index (Phi) is 5.82. The number of hydrogen-bond acceptors (Lipinski definition) is 5. The van der Waals surface area contributed by atoms with E-state index in [0.29, 0.717) is 5.84 Å². The number of aryl methyl sites for hydroxylation is 1. The molecule has 0 aliphatic carbocycles. The van der Waals surface area contributed by atoms with Crippen molar-refractivity contribution in [1.29, 1.82) is 0 Å². The van der Waals surface area contributed by atoms with E-state index in [1.165, 1.54) is 0 Å². The minimum absolute atomic E-state index is 0.252. The van der Waals surface area contributed by atoms with Crippen LogP contribution < -0.4 is 11.1 Å². The lowest BCUT2D eigenvalue weighted by Crippen LogP contribution is -2.32. The number of nitrogens with zero attached hydrogens (tertiary/aromatic N) is 2. The standard InChI is InChI=1S/C13H24N4O2/c1-10-8-11(17-19-10)9-15-7-5-4-6-13(2,3)12(14)16-18/h8,15,18H,4-7,9H2,1-3H3,(H2,14,16).